The lowest BCUT2D eigenvalue weighted by Crippen LogP contribution is -2.42. The fourth-order valence-corrected chi connectivity index (χ4v) is 2.38. The van der Waals surface area contributed by atoms with Gasteiger partial charge in [0.15, 0.2) is 0 Å². The molecule has 1 saturated heterocycles. The highest BCUT2D eigenvalue weighted by Crippen LogP contribution is 2.19. The number of furan rings is 1. The normalized spacial score (nSPS) is 20.9. The van der Waals surface area contributed by atoms with Crippen molar-refractivity contribution in [3.05, 3.63) is 23.2 Å². The minimum atomic E-state index is -0.422. The smallest absolute Gasteiger partial charge is 0.374 e. The van der Waals surface area contributed by atoms with Crippen molar-refractivity contribution in [1.82, 2.24) is 4.90 Å². The number of aryl methyl sites for hydroxylation is 1. The predicted molar refractivity (Wildman–Crippen MR) is 67.3 cm³/mol. The fraction of sp³-hybridized carbons (Fsp3) is 0.615. The van der Waals surface area contributed by atoms with Gasteiger partial charge in [-0.3, -0.25) is 4.90 Å². The van der Waals surface area contributed by atoms with Crippen molar-refractivity contribution in [2.75, 3.05) is 20.2 Å². The summed E-state index contributed by atoms with van der Waals surface area (Å²) in [5.41, 5.74) is 6.75. The summed E-state index contributed by atoms with van der Waals surface area (Å²) in [5, 5.41) is 0. The fourth-order valence-electron chi connectivity index (χ4n) is 2.38. The maximum atomic E-state index is 11.4. The molecule has 5 heteroatoms. The number of carbonyl (C=O) groups is 1. The Kier molecular flexibility index (Phi) is 4.04. The van der Waals surface area contributed by atoms with Crippen LogP contribution < -0.4 is 5.73 Å². The highest BCUT2D eigenvalue weighted by atomic mass is 16.5. The first-order valence-corrected chi connectivity index (χ1v) is 6.25. The van der Waals surface area contributed by atoms with Crippen molar-refractivity contribution in [1.29, 1.82) is 0 Å². The predicted octanol–water partition coefficient (Wildman–Crippen LogP) is 1.30. The van der Waals surface area contributed by atoms with Crippen LogP contribution in [0.25, 0.3) is 0 Å². The molecule has 5 nitrogen and oxygen atoms in total. The Morgan fingerprint density at radius 1 is 1.67 bits per heavy atom. The minimum absolute atomic E-state index is 0.245. The molecule has 0 spiro atoms. The maximum absolute atomic E-state index is 11.4. The van der Waals surface area contributed by atoms with Crippen molar-refractivity contribution in [3.8, 4) is 0 Å². The zero-order valence-electron chi connectivity index (χ0n) is 10.9. The monoisotopic (exact) mass is 252 g/mol. The molecule has 2 heterocycles. The van der Waals surface area contributed by atoms with Gasteiger partial charge in [0.2, 0.25) is 5.76 Å². The molecule has 2 rings (SSSR count). The molecule has 1 aliphatic heterocycles. The molecular formula is C13H20N2O3. The average molecular weight is 252 g/mol. The van der Waals surface area contributed by atoms with Gasteiger partial charge in [-0.2, -0.15) is 0 Å². The van der Waals surface area contributed by atoms with E-state index in [1.54, 1.807) is 0 Å². The topological polar surface area (TPSA) is 68.7 Å². The molecule has 0 aromatic carbocycles. The van der Waals surface area contributed by atoms with E-state index in [2.05, 4.69) is 9.64 Å². The number of methoxy groups -OCH3 is 1. The van der Waals surface area contributed by atoms with Crippen molar-refractivity contribution < 1.29 is 13.9 Å². The van der Waals surface area contributed by atoms with Gasteiger partial charge in [0.25, 0.3) is 0 Å². The highest BCUT2D eigenvalue weighted by molar-refractivity contribution is 5.87. The number of piperidine rings is 1. The second-order valence-corrected chi connectivity index (χ2v) is 4.85. The minimum Gasteiger partial charge on any atom is -0.463 e. The molecule has 1 aromatic heterocycles. The molecule has 1 aromatic rings. The third-order valence-corrected chi connectivity index (χ3v) is 3.26. The van der Waals surface area contributed by atoms with E-state index < -0.39 is 5.97 Å². The molecule has 0 saturated carbocycles. The van der Waals surface area contributed by atoms with Crippen LogP contribution in [0.3, 0.4) is 0 Å². The van der Waals surface area contributed by atoms with Crippen molar-refractivity contribution in [2.45, 2.75) is 32.4 Å². The molecule has 0 aliphatic carbocycles. The van der Waals surface area contributed by atoms with Gasteiger partial charge < -0.3 is 14.9 Å². The van der Waals surface area contributed by atoms with Crippen LogP contribution in [0.1, 0.15) is 34.7 Å². The molecule has 1 aliphatic rings. The van der Waals surface area contributed by atoms with E-state index in [9.17, 15) is 4.79 Å². The Morgan fingerprint density at radius 2 is 2.44 bits per heavy atom. The Hall–Kier alpha value is -1.33. The number of hydrogen-bond acceptors (Lipinski definition) is 5. The lowest BCUT2D eigenvalue weighted by molar-refractivity contribution is 0.0559. The number of nitrogens with zero attached hydrogens (tertiary/aromatic N) is 1. The summed E-state index contributed by atoms with van der Waals surface area (Å²) < 4.78 is 10.2. The molecule has 2 N–H and O–H groups in total. The first kappa shape index (κ1) is 13.1. The van der Waals surface area contributed by atoms with E-state index in [1.165, 1.54) is 7.11 Å². The third kappa shape index (κ3) is 2.91. The molecule has 1 fully saturated rings. The van der Waals surface area contributed by atoms with Gasteiger partial charge in [0, 0.05) is 18.2 Å². The molecule has 1 unspecified atom stereocenters. The van der Waals surface area contributed by atoms with Crippen LogP contribution in [0.2, 0.25) is 0 Å². The number of esters is 1. The molecule has 100 valence electrons. The SMILES string of the molecule is COC(=O)c1oc(CN2CCCC(N)C2)cc1C. The highest BCUT2D eigenvalue weighted by Gasteiger charge is 2.20. The van der Waals surface area contributed by atoms with Gasteiger partial charge in [-0.25, -0.2) is 4.79 Å². The first-order chi connectivity index (χ1) is 8.60. The summed E-state index contributed by atoms with van der Waals surface area (Å²) in [6.07, 6.45) is 2.20. The van der Waals surface area contributed by atoms with Crippen LogP contribution in [0.4, 0.5) is 0 Å². The van der Waals surface area contributed by atoms with Crippen molar-refractivity contribution in [3.63, 3.8) is 0 Å². The maximum Gasteiger partial charge on any atom is 0.374 e. The molecule has 1 atom stereocenters. The van der Waals surface area contributed by atoms with Crippen LogP contribution in [-0.4, -0.2) is 37.1 Å². The number of ether oxygens (including phenoxy) is 1. The lowest BCUT2D eigenvalue weighted by Gasteiger charge is -2.29. The van der Waals surface area contributed by atoms with E-state index in [4.69, 9.17) is 10.2 Å². The molecule has 0 amide bonds. The largest absolute Gasteiger partial charge is 0.463 e. The lowest BCUT2D eigenvalue weighted by atomic mass is 10.1. The van der Waals surface area contributed by atoms with E-state index in [1.807, 2.05) is 13.0 Å². The number of rotatable bonds is 3. The van der Waals surface area contributed by atoms with Gasteiger partial charge in [-0.1, -0.05) is 0 Å². The van der Waals surface area contributed by atoms with Crippen LogP contribution in [0.15, 0.2) is 10.5 Å². The van der Waals surface area contributed by atoms with E-state index in [-0.39, 0.29) is 6.04 Å². The van der Waals surface area contributed by atoms with Crippen molar-refractivity contribution >= 4 is 5.97 Å². The zero-order chi connectivity index (χ0) is 13.1. The van der Waals surface area contributed by atoms with Gasteiger partial charge in [0.1, 0.15) is 5.76 Å². The van der Waals surface area contributed by atoms with E-state index in [0.29, 0.717) is 12.3 Å². The average Bonchev–Trinajstić information content (AvgIpc) is 2.69. The summed E-state index contributed by atoms with van der Waals surface area (Å²) >= 11 is 0. The van der Waals surface area contributed by atoms with E-state index in [0.717, 1.165) is 37.3 Å². The van der Waals surface area contributed by atoms with E-state index >= 15 is 0 Å². The van der Waals surface area contributed by atoms with Gasteiger partial charge in [-0.15, -0.1) is 0 Å². The molecule has 18 heavy (non-hydrogen) atoms. The summed E-state index contributed by atoms with van der Waals surface area (Å²) in [7, 11) is 1.35. The Balaban J connectivity index is 2.03. The quantitative estimate of drug-likeness (QED) is 0.821. The second-order valence-electron chi connectivity index (χ2n) is 4.85. The number of likely N-dealkylation sites (tertiary alicyclic amines) is 1. The summed E-state index contributed by atoms with van der Waals surface area (Å²) in [4.78, 5) is 13.7. The van der Waals surface area contributed by atoms with Gasteiger partial charge in [-0.05, 0) is 32.4 Å². The Morgan fingerprint density at radius 3 is 3.11 bits per heavy atom. The Bertz CT molecular complexity index is 428. The van der Waals surface area contributed by atoms with Crippen LogP contribution in [0.5, 0.6) is 0 Å². The Labute approximate surface area is 107 Å². The van der Waals surface area contributed by atoms with Crippen LogP contribution >= 0.6 is 0 Å². The first-order valence-electron chi connectivity index (χ1n) is 6.25. The number of hydrogen-bond donors (Lipinski definition) is 1. The van der Waals surface area contributed by atoms with Gasteiger partial charge >= 0.3 is 5.97 Å². The molecule has 0 radical (unpaired) electrons. The summed E-state index contributed by atoms with van der Waals surface area (Å²) in [6, 6.07) is 2.14. The van der Waals surface area contributed by atoms with Crippen LogP contribution in [-0.2, 0) is 11.3 Å². The summed E-state index contributed by atoms with van der Waals surface area (Å²) in [5.74, 6) is 0.671. The molecule has 0 bridgehead atoms. The number of nitrogens with two attached hydrogens (primary N) is 1. The summed E-state index contributed by atoms with van der Waals surface area (Å²) in [6.45, 7) is 4.46. The molecular weight excluding hydrogens is 232 g/mol. The zero-order valence-corrected chi connectivity index (χ0v) is 10.9. The van der Waals surface area contributed by atoms with Gasteiger partial charge in [0.05, 0.1) is 13.7 Å². The number of carbonyl (C=O) groups excluding carboxylic acids is 1. The van der Waals surface area contributed by atoms with Crippen LogP contribution in [0, 0.1) is 6.92 Å². The van der Waals surface area contributed by atoms with Crippen molar-refractivity contribution in [2.24, 2.45) is 5.73 Å². The second kappa shape index (κ2) is 5.54. The standard InChI is InChI=1S/C13H20N2O3/c1-9-6-11(18-12(9)13(16)17-2)8-15-5-3-4-10(14)7-15/h6,10H,3-5,7-8,14H2,1-2H3. The third-order valence-electron chi connectivity index (χ3n) is 3.26.